The van der Waals surface area contributed by atoms with Crippen LogP contribution in [0.25, 0.3) is 0 Å². The first-order valence-corrected chi connectivity index (χ1v) is 8.86. The Kier molecular flexibility index (Phi) is 6.64. The van der Waals surface area contributed by atoms with E-state index in [2.05, 4.69) is 32.6 Å². The van der Waals surface area contributed by atoms with Gasteiger partial charge >= 0.3 is 11.9 Å². The van der Waals surface area contributed by atoms with E-state index in [1.165, 1.54) is 6.42 Å². The molecule has 4 nitrogen and oxygen atoms in total. The minimum Gasteiger partial charge on any atom is -0.458 e. The van der Waals surface area contributed by atoms with Gasteiger partial charge in [-0.05, 0) is 61.8 Å². The largest absolute Gasteiger partial charge is 0.458 e. The zero-order valence-corrected chi connectivity index (χ0v) is 15.4. The summed E-state index contributed by atoms with van der Waals surface area (Å²) in [7, 11) is 0. The molecule has 4 heteroatoms. The molecule has 1 fully saturated rings. The van der Waals surface area contributed by atoms with Crippen molar-refractivity contribution in [2.45, 2.75) is 53.1 Å². The number of carbonyl (C=O) groups is 2. The van der Waals surface area contributed by atoms with Gasteiger partial charge in [-0.25, -0.2) is 9.59 Å². The van der Waals surface area contributed by atoms with Crippen molar-refractivity contribution in [3.63, 3.8) is 0 Å². The van der Waals surface area contributed by atoms with Crippen LogP contribution in [0.3, 0.4) is 0 Å². The SMILES string of the molecule is CC#CC(=O)Oc1ccc(C(=O)O[C@@H]2C[C@H](C)CC[C@H]2C(C)C)cc1. The van der Waals surface area contributed by atoms with Crippen molar-refractivity contribution in [2.75, 3.05) is 0 Å². The average molecular weight is 342 g/mol. The van der Waals surface area contributed by atoms with Crippen LogP contribution in [0.4, 0.5) is 0 Å². The highest BCUT2D eigenvalue weighted by Crippen LogP contribution is 2.35. The highest BCUT2D eigenvalue weighted by atomic mass is 16.5. The molecule has 0 N–H and O–H groups in total. The van der Waals surface area contributed by atoms with E-state index in [9.17, 15) is 9.59 Å². The summed E-state index contributed by atoms with van der Waals surface area (Å²) in [6, 6.07) is 6.38. The second kappa shape index (κ2) is 8.71. The van der Waals surface area contributed by atoms with E-state index in [0.29, 0.717) is 29.1 Å². The van der Waals surface area contributed by atoms with Crippen molar-refractivity contribution in [2.24, 2.45) is 17.8 Å². The molecule has 1 saturated carbocycles. The third-order valence-corrected chi connectivity index (χ3v) is 4.75. The van der Waals surface area contributed by atoms with Gasteiger partial charge in [-0.2, -0.15) is 0 Å². The molecule has 0 amide bonds. The maximum absolute atomic E-state index is 12.5. The summed E-state index contributed by atoms with van der Waals surface area (Å²) in [4.78, 5) is 23.8. The predicted molar refractivity (Wildman–Crippen MR) is 96.1 cm³/mol. The summed E-state index contributed by atoms with van der Waals surface area (Å²) in [5, 5.41) is 0. The van der Waals surface area contributed by atoms with Gasteiger partial charge in [0, 0.05) is 5.92 Å². The van der Waals surface area contributed by atoms with Crippen molar-refractivity contribution < 1.29 is 19.1 Å². The monoisotopic (exact) mass is 342 g/mol. The average Bonchev–Trinajstić information content (AvgIpc) is 2.55. The van der Waals surface area contributed by atoms with E-state index in [-0.39, 0.29) is 12.1 Å². The van der Waals surface area contributed by atoms with Gasteiger partial charge in [0.05, 0.1) is 5.56 Å². The molecule has 1 aromatic rings. The zero-order chi connectivity index (χ0) is 18.4. The van der Waals surface area contributed by atoms with Gasteiger partial charge in [0.1, 0.15) is 11.9 Å². The van der Waals surface area contributed by atoms with Crippen LogP contribution in [0.15, 0.2) is 24.3 Å². The lowest BCUT2D eigenvalue weighted by atomic mass is 9.75. The number of rotatable bonds is 4. The molecule has 1 aliphatic carbocycles. The molecule has 1 aliphatic rings. The summed E-state index contributed by atoms with van der Waals surface area (Å²) in [6.07, 6.45) is 3.18. The third kappa shape index (κ3) is 5.35. The molecule has 0 saturated heterocycles. The number of esters is 2. The molecule has 0 unspecified atom stereocenters. The summed E-state index contributed by atoms with van der Waals surface area (Å²) < 4.78 is 10.8. The first-order valence-electron chi connectivity index (χ1n) is 8.86. The second-order valence-corrected chi connectivity index (χ2v) is 7.06. The molecule has 0 heterocycles. The van der Waals surface area contributed by atoms with Crippen molar-refractivity contribution in [3.05, 3.63) is 29.8 Å². The molecule has 25 heavy (non-hydrogen) atoms. The van der Waals surface area contributed by atoms with E-state index >= 15 is 0 Å². The molecule has 0 aromatic heterocycles. The van der Waals surface area contributed by atoms with Gasteiger partial charge in [-0.15, -0.1) is 0 Å². The number of ether oxygens (including phenoxy) is 2. The van der Waals surface area contributed by atoms with E-state index in [4.69, 9.17) is 9.47 Å². The van der Waals surface area contributed by atoms with Crippen molar-refractivity contribution in [1.29, 1.82) is 0 Å². The molecular formula is C21H26O4. The van der Waals surface area contributed by atoms with Crippen LogP contribution in [0.1, 0.15) is 57.3 Å². The van der Waals surface area contributed by atoms with Gasteiger partial charge in [-0.1, -0.05) is 33.1 Å². The van der Waals surface area contributed by atoms with Crippen LogP contribution in [0.2, 0.25) is 0 Å². The molecule has 2 rings (SSSR count). The third-order valence-electron chi connectivity index (χ3n) is 4.75. The van der Waals surface area contributed by atoms with Crippen LogP contribution >= 0.6 is 0 Å². The smallest absolute Gasteiger partial charge is 0.389 e. The van der Waals surface area contributed by atoms with Crippen LogP contribution < -0.4 is 4.74 Å². The summed E-state index contributed by atoms with van der Waals surface area (Å²) in [5.41, 5.74) is 0.460. The minimum atomic E-state index is -0.617. The molecule has 134 valence electrons. The fourth-order valence-corrected chi connectivity index (χ4v) is 3.35. The van der Waals surface area contributed by atoms with Crippen LogP contribution in [-0.4, -0.2) is 18.0 Å². The Labute approximate surface area is 149 Å². The minimum absolute atomic E-state index is 0.0337. The van der Waals surface area contributed by atoms with Gasteiger partial charge in [0.2, 0.25) is 0 Å². The van der Waals surface area contributed by atoms with Gasteiger partial charge in [-0.3, -0.25) is 0 Å². The molecule has 3 atom stereocenters. The first kappa shape index (κ1) is 19.1. The highest BCUT2D eigenvalue weighted by Gasteiger charge is 2.33. The van der Waals surface area contributed by atoms with Gasteiger partial charge < -0.3 is 9.47 Å². The van der Waals surface area contributed by atoms with E-state index in [1.807, 2.05) is 0 Å². The topological polar surface area (TPSA) is 52.6 Å². The second-order valence-electron chi connectivity index (χ2n) is 7.06. The number of hydrogen-bond acceptors (Lipinski definition) is 4. The van der Waals surface area contributed by atoms with E-state index in [1.54, 1.807) is 31.2 Å². The Hall–Kier alpha value is -2.28. The molecule has 0 spiro atoms. The van der Waals surface area contributed by atoms with Crippen molar-refractivity contribution in [1.82, 2.24) is 0 Å². The quantitative estimate of drug-likeness (QED) is 0.355. The van der Waals surface area contributed by atoms with Gasteiger partial charge in [0.25, 0.3) is 0 Å². The van der Waals surface area contributed by atoms with Crippen LogP contribution in [0.5, 0.6) is 5.75 Å². The van der Waals surface area contributed by atoms with E-state index in [0.717, 1.165) is 12.8 Å². The maximum Gasteiger partial charge on any atom is 0.389 e. The zero-order valence-electron chi connectivity index (χ0n) is 15.4. The number of carbonyl (C=O) groups excluding carboxylic acids is 2. The maximum atomic E-state index is 12.5. The fourth-order valence-electron chi connectivity index (χ4n) is 3.35. The summed E-state index contributed by atoms with van der Waals surface area (Å²) in [5.74, 6) is 5.68. The molecular weight excluding hydrogens is 316 g/mol. The lowest BCUT2D eigenvalue weighted by molar-refractivity contribution is -0.128. The number of hydrogen-bond donors (Lipinski definition) is 0. The molecule has 0 aliphatic heterocycles. The van der Waals surface area contributed by atoms with Crippen LogP contribution in [-0.2, 0) is 9.53 Å². The normalized spacial score (nSPS) is 22.7. The van der Waals surface area contributed by atoms with Crippen LogP contribution in [0, 0.1) is 29.6 Å². The Balaban J connectivity index is 2.01. The lowest BCUT2D eigenvalue weighted by Crippen LogP contribution is -2.35. The predicted octanol–water partition coefficient (Wildman–Crippen LogP) is 4.23. The molecule has 1 aromatic carbocycles. The Morgan fingerprint density at radius 2 is 1.84 bits per heavy atom. The first-order chi connectivity index (χ1) is 11.9. The Morgan fingerprint density at radius 3 is 2.44 bits per heavy atom. The molecule has 0 radical (unpaired) electrons. The van der Waals surface area contributed by atoms with Crippen molar-refractivity contribution in [3.8, 4) is 17.6 Å². The summed E-state index contributed by atoms with van der Waals surface area (Å²) >= 11 is 0. The number of benzene rings is 1. The Morgan fingerprint density at radius 1 is 1.16 bits per heavy atom. The Bertz CT molecular complexity index is 663. The lowest BCUT2D eigenvalue weighted by Gasteiger charge is -2.36. The summed E-state index contributed by atoms with van der Waals surface area (Å²) in [6.45, 7) is 8.14. The highest BCUT2D eigenvalue weighted by molar-refractivity contribution is 5.91. The molecule has 0 bridgehead atoms. The standard InChI is InChI=1S/C21H26O4/c1-5-6-20(22)24-17-10-8-16(9-11-17)21(23)25-19-13-15(4)7-12-18(19)14(2)3/h8-11,14-15,18-19H,7,12-13H2,1-4H3/t15-,18+,19-/m1/s1. The van der Waals surface area contributed by atoms with Gasteiger partial charge in [0.15, 0.2) is 0 Å². The fraction of sp³-hybridized carbons (Fsp3) is 0.524. The van der Waals surface area contributed by atoms with Crippen molar-refractivity contribution >= 4 is 11.9 Å². The van der Waals surface area contributed by atoms with E-state index < -0.39 is 5.97 Å².